The van der Waals surface area contributed by atoms with E-state index in [1.807, 2.05) is 12.2 Å². The summed E-state index contributed by atoms with van der Waals surface area (Å²) in [5, 5.41) is 0. The Morgan fingerprint density at radius 1 is 0.810 bits per heavy atom. The van der Waals surface area contributed by atoms with Crippen molar-refractivity contribution in [2.75, 3.05) is 0 Å². The Kier molecular flexibility index (Phi) is 6.68. The van der Waals surface area contributed by atoms with Crippen LogP contribution in [-0.2, 0) is 0 Å². The van der Waals surface area contributed by atoms with E-state index in [-0.39, 0.29) is 5.92 Å². The summed E-state index contributed by atoms with van der Waals surface area (Å²) in [5.74, 6) is 0.250. The molecule has 1 rings (SSSR count). The van der Waals surface area contributed by atoms with E-state index in [0.29, 0.717) is 0 Å². The largest absolute Gasteiger partial charge is 0.0984 e. The summed E-state index contributed by atoms with van der Waals surface area (Å²) in [6, 6.07) is 0. The maximum Gasteiger partial charge on any atom is 0.0348 e. The molecule has 1 aliphatic rings. The van der Waals surface area contributed by atoms with Crippen LogP contribution in [0.2, 0.25) is 0 Å². The molecule has 0 radical (unpaired) electrons. The Hall–Kier alpha value is -2.08. The molecule has 110 valence electrons. The highest BCUT2D eigenvalue weighted by atomic mass is 14.3. The number of rotatable bonds is 6. The van der Waals surface area contributed by atoms with Gasteiger partial charge in [-0.1, -0.05) is 67.8 Å². The smallest absolute Gasteiger partial charge is 0.0348 e. The molecule has 0 aliphatic heterocycles. The molecule has 0 amide bonds. The van der Waals surface area contributed by atoms with Crippen LogP contribution >= 0.6 is 0 Å². The molecule has 0 atom stereocenters. The van der Waals surface area contributed by atoms with Crippen molar-refractivity contribution in [3.05, 3.63) is 95.7 Å². The fourth-order valence-electron chi connectivity index (χ4n) is 2.89. The third-order valence-electron chi connectivity index (χ3n) is 3.66. The van der Waals surface area contributed by atoms with Crippen molar-refractivity contribution >= 4 is 0 Å². The lowest BCUT2D eigenvalue weighted by Gasteiger charge is -2.17. The van der Waals surface area contributed by atoms with Gasteiger partial charge in [-0.3, -0.25) is 0 Å². The number of hydrogen-bond acceptors (Lipinski definition) is 0. The monoisotopic (exact) mass is 278 g/mol. The van der Waals surface area contributed by atoms with Crippen LogP contribution in [0.5, 0.6) is 0 Å². The Labute approximate surface area is 130 Å². The van der Waals surface area contributed by atoms with Crippen molar-refractivity contribution < 1.29 is 0 Å². The zero-order chi connectivity index (χ0) is 15.8. The van der Waals surface area contributed by atoms with Gasteiger partial charge in [-0.15, -0.1) is 0 Å². The molecule has 0 spiro atoms. The fraction of sp³-hybridized carbons (Fsp3) is 0.238. The van der Waals surface area contributed by atoms with Gasteiger partial charge in [0.15, 0.2) is 0 Å². The lowest BCUT2D eigenvalue weighted by atomic mass is 9.86. The van der Waals surface area contributed by atoms with Crippen LogP contribution in [0.1, 0.15) is 27.7 Å². The van der Waals surface area contributed by atoms with Gasteiger partial charge in [0.2, 0.25) is 0 Å². The second kappa shape index (κ2) is 8.26. The quantitative estimate of drug-likeness (QED) is 0.503. The summed E-state index contributed by atoms with van der Waals surface area (Å²) in [4.78, 5) is 0. The van der Waals surface area contributed by atoms with Crippen LogP contribution in [0.3, 0.4) is 0 Å². The lowest BCUT2D eigenvalue weighted by molar-refractivity contribution is 0.918. The first-order valence-electron chi connectivity index (χ1n) is 7.47. The van der Waals surface area contributed by atoms with E-state index in [1.54, 1.807) is 0 Å². The molecule has 0 fully saturated rings. The molecular weight excluding hydrogens is 252 g/mol. The normalized spacial score (nSPS) is 18.0. The van der Waals surface area contributed by atoms with Gasteiger partial charge in [-0.25, -0.2) is 0 Å². The molecule has 0 N–H and O–H groups in total. The molecule has 0 bridgehead atoms. The summed E-state index contributed by atoms with van der Waals surface area (Å²) in [6.07, 6.45) is 18.9. The average Bonchev–Trinajstić information content (AvgIpc) is 2.78. The standard InChI is InChI=1S/C21H26/c1-7-13-16(10-4)21-19(14-8-2)17(11-5)18(12-6)20(21)15-9-3/h7-15,21H,5-6H2,1-4H3/b13-7-,14-8-,15-9-,16-10+. The van der Waals surface area contributed by atoms with Gasteiger partial charge in [-0.2, -0.15) is 0 Å². The van der Waals surface area contributed by atoms with E-state index in [1.165, 1.54) is 27.9 Å². The van der Waals surface area contributed by atoms with Crippen molar-refractivity contribution in [2.45, 2.75) is 27.7 Å². The SMILES string of the molecule is C=CC1=C(/C=C\C)C(C(/C=C\C)=C/C)C(/C=C\C)=C1C=C. The minimum Gasteiger partial charge on any atom is -0.0984 e. The van der Waals surface area contributed by atoms with E-state index >= 15 is 0 Å². The minimum absolute atomic E-state index is 0.250. The molecule has 0 nitrogen and oxygen atoms in total. The minimum atomic E-state index is 0.250. The van der Waals surface area contributed by atoms with Gasteiger partial charge >= 0.3 is 0 Å². The topological polar surface area (TPSA) is 0 Å². The summed E-state index contributed by atoms with van der Waals surface area (Å²) in [6.45, 7) is 16.2. The Balaban J connectivity index is 3.67. The van der Waals surface area contributed by atoms with Gasteiger partial charge in [0.1, 0.15) is 0 Å². The van der Waals surface area contributed by atoms with Gasteiger partial charge in [0, 0.05) is 5.92 Å². The summed E-state index contributed by atoms with van der Waals surface area (Å²) >= 11 is 0. The second-order valence-corrected chi connectivity index (χ2v) is 4.87. The number of allylic oxidation sites excluding steroid dienone is 14. The van der Waals surface area contributed by atoms with Crippen LogP contribution < -0.4 is 0 Å². The van der Waals surface area contributed by atoms with E-state index in [9.17, 15) is 0 Å². The first kappa shape index (κ1) is 17.0. The summed E-state index contributed by atoms with van der Waals surface area (Å²) in [7, 11) is 0. The first-order valence-corrected chi connectivity index (χ1v) is 7.47. The lowest BCUT2D eigenvalue weighted by Crippen LogP contribution is -2.05. The van der Waals surface area contributed by atoms with Crippen LogP contribution in [0.4, 0.5) is 0 Å². The number of hydrogen-bond donors (Lipinski definition) is 0. The predicted molar refractivity (Wildman–Crippen MR) is 96.1 cm³/mol. The molecule has 0 aromatic rings. The molecule has 0 unspecified atom stereocenters. The highest BCUT2D eigenvalue weighted by Crippen LogP contribution is 2.44. The van der Waals surface area contributed by atoms with Crippen molar-refractivity contribution in [3.8, 4) is 0 Å². The van der Waals surface area contributed by atoms with Crippen LogP contribution in [0, 0.1) is 5.92 Å². The zero-order valence-corrected chi connectivity index (χ0v) is 13.7. The average molecular weight is 278 g/mol. The third-order valence-corrected chi connectivity index (χ3v) is 3.66. The van der Waals surface area contributed by atoms with Crippen LogP contribution in [0.25, 0.3) is 0 Å². The van der Waals surface area contributed by atoms with Gasteiger partial charge in [0.05, 0.1) is 0 Å². The van der Waals surface area contributed by atoms with Crippen molar-refractivity contribution in [1.29, 1.82) is 0 Å². The highest BCUT2D eigenvalue weighted by Gasteiger charge is 2.29. The van der Waals surface area contributed by atoms with Gasteiger partial charge < -0.3 is 0 Å². The Bertz CT molecular complexity index is 544. The molecule has 0 heteroatoms. The molecule has 0 aromatic carbocycles. The fourth-order valence-corrected chi connectivity index (χ4v) is 2.89. The van der Waals surface area contributed by atoms with Crippen LogP contribution in [-0.4, -0.2) is 0 Å². The van der Waals surface area contributed by atoms with Gasteiger partial charge in [0.25, 0.3) is 0 Å². The third kappa shape index (κ3) is 3.33. The second-order valence-electron chi connectivity index (χ2n) is 4.87. The zero-order valence-electron chi connectivity index (χ0n) is 13.7. The van der Waals surface area contributed by atoms with Crippen LogP contribution in [0.15, 0.2) is 95.7 Å². The maximum atomic E-state index is 4.00. The summed E-state index contributed by atoms with van der Waals surface area (Å²) < 4.78 is 0. The molecule has 0 saturated carbocycles. The maximum absolute atomic E-state index is 4.00. The van der Waals surface area contributed by atoms with E-state index in [2.05, 4.69) is 83.4 Å². The molecular formula is C21H26. The molecule has 0 heterocycles. The molecule has 0 saturated heterocycles. The Morgan fingerprint density at radius 3 is 1.57 bits per heavy atom. The van der Waals surface area contributed by atoms with Gasteiger partial charge in [-0.05, 0) is 55.6 Å². The van der Waals surface area contributed by atoms with Crippen molar-refractivity contribution in [1.82, 2.24) is 0 Å². The van der Waals surface area contributed by atoms with Crippen molar-refractivity contribution in [2.24, 2.45) is 5.92 Å². The molecule has 0 aromatic heterocycles. The Morgan fingerprint density at radius 2 is 1.29 bits per heavy atom. The predicted octanol–water partition coefficient (Wildman–Crippen LogP) is 6.26. The molecule has 21 heavy (non-hydrogen) atoms. The van der Waals surface area contributed by atoms with E-state index < -0.39 is 0 Å². The highest BCUT2D eigenvalue weighted by molar-refractivity contribution is 5.67. The van der Waals surface area contributed by atoms with Crippen molar-refractivity contribution in [3.63, 3.8) is 0 Å². The summed E-state index contributed by atoms with van der Waals surface area (Å²) in [5.41, 5.74) is 6.26. The molecule has 1 aliphatic carbocycles. The van der Waals surface area contributed by atoms with E-state index in [0.717, 1.165) is 0 Å². The van der Waals surface area contributed by atoms with E-state index in [4.69, 9.17) is 0 Å². The first-order chi connectivity index (χ1) is 10.2.